The highest BCUT2D eigenvalue weighted by Gasteiger charge is 2.54. The van der Waals surface area contributed by atoms with E-state index in [1.54, 1.807) is 0 Å². The van der Waals surface area contributed by atoms with Crippen molar-refractivity contribution in [1.29, 1.82) is 0 Å². The number of aliphatic hydroxyl groups is 4. The summed E-state index contributed by atoms with van der Waals surface area (Å²) < 4.78 is 11.6. The first-order valence-corrected chi connectivity index (χ1v) is 4.33. The molecule has 1 fully saturated rings. The number of hydrogen-bond donors (Lipinski definition) is 5. The van der Waals surface area contributed by atoms with E-state index in [0.29, 0.717) is 0 Å². The smallest absolute Gasteiger partial charge is 0.244 e. The number of ether oxygens (including phenoxy) is 1. The molecule has 7 nitrogen and oxygen atoms in total. The van der Waals surface area contributed by atoms with E-state index in [2.05, 4.69) is 0 Å². The summed E-state index contributed by atoms with van der Waals surface area (Å²) in [6.07, 6.45) is -4.44. The highest BCUT2D eigenvalue weighted by Crippen LogP contribution is 2.27. The second-order valence-corrected chi connectivity index (χ2v) is 3.47. The maximum absolute atomic E-state index is 11.3. The van der Waals surface area contributed by atoms with E-state index < -0.39 is 49.4 Å². The van der Waals surface area contributed by atoms with E-state index >= 15 is 0 Å². The van der Waals surface area contributed by atoms with Gasteiger partial charge in [0.15, 0.2) is 5.78 Å². The summed E-state index contributed by atoms with van der Waals surface area (Å²) in [6.45, 7) is -1.48. The Morgan fingerprint density at radius 2 is 2.20 bits per heavy atom. The molecule has 1 rings (SSSR count). The molecule has 6 N–H and O–H groups in total. The van der Waals surface area contributed by atoms with Gasteiger partial charge < -0.3 is 30.9 Å². The molecule has 0 aromatic carbocycles. The van der Waals surface area contributed by atoms with E-state index in [9.17, 15) is 20.1 Å². The summed E-state index contributed by atoms with van der Waals surface area (Å²) in [4.78, 5) is 11.3. The number of rotatable bonds is 2. The number of hydrogen-bond acceptors (Lipinski definition) is 7. The molecule has 1 heterocycles. The average molecular weight is 222 g/mol. The monoisotopic (exact) mass is 222 g/mol. The van der Waals surface area contributed by atoms with Gasteiger partial charge in [0.25, 0.3) is 0 Å². The Morgan fingerprint density at radius 1 is 1.60 bits per heavy atom. The number of Topliss-reactive ketones (excluding diaryl/α,β-unsaturated/α-hetero) is 1. The van der Waals surface area contributed by atoms with Crippen molar-refractivity contribution in [1.82, 2.24) is 0 Å². The van der Waals surface area contributed by atoms with Gasteiger partial charge in [0.1, 0.15) is 18.3 Å². The minimum absolute atomic E-state index is 0.696. The molecule has 0 aromatic rings. The maximum Gasteiger partial charge on any atom is 0.244 e. The van der Waals surface area contributed by atoms with Gasteiger partial charge in [-0.05, 0) is 0 Å². The van der Waals surface area contributed by atoms with Gasteiger partial charge in [-0.1, -0.05) is 0 Å². The van der Waals surface area contributed by atoms with E-state index in [-0.39, 0.29) is 0 Å². The molecule has 1 saturated heterocycles. The molecule has 7 heteroatoms. The fraction of sp³-hybridized carbons (Fsp3) is 0.875. The van der Waals surface area contributed by atoms with E-state index in [1.807, 2.05) is 0 Å². The fourth-order valence-corrected chi connectivity index (χ4v) is 1.44. The third kappa shape index (κ3) is 1.89. The summed E-state index contributed by atoms with van der Waals surface area (Å²) in [7, 11) is 0. The van der Waals surface area contributed by atoms with Gasteiger partial charge in [-0.3, -0.25) is 4.79 Å². The lowest BCUT2D eigenvalue weighted by atomic mass is 9.89. The number of carbonyl (C=O) groups is 1. The molecule has 0 saturated carbocycles. The van der Waals surface area contributed by atoms with Gasteiger partial charge in [0.2, 0.25) is 5.79 Å². The van der Waals surface area contributed by atoms with Crippen LogP contribution in [0.1, 0.15) is 8.27 Å². The third-order valence-electron chi connectivity index (χ3n) is 2.46. The first-order valence-electron chi connectivity index (χ1n) is 5.04. The number of carbonyl (C=O) groups excluding carboxylic acids is 1. The Labute approximate surface area is 87.5 Å². The molecular formula is C8H15NO6. The van der Waals surface area contributed by atoms with Crippen molar-refractivity contribution in [3.05, 3.63) is 0 Å². The molecule has 88 valence electrons. The summed E-state index contributed by atoms with van der Waals surface area (Å²) in [5, 5.41) is 37.5. The highest BCUT2D eigenvalue weighted by molar-refractivity contribution is 5.84. The zero-order valence-corrected chi connectivity index (χ0v) is 7.91. The van der Waals surface area contributed by atoms with Crippen molar-refractivity contribution in [3.8, 4) is 0 Å². The van der Waals surface area contributed by atoms with E-state index in [0.717, 1.165) is 0 Å². The summed E-state index contributed by atoms with van der Waals surface area (Å²) in [5.41, 5.74) is 5.37. The summed E-state index contributed by atoms with van der Waals surface area (Å²) >= 11 is 0. The van der Waals surface area contributed by atoms with Crippen LogP contribution in [-0.4, -0.2) is 63.0 Å². The fourth-order valence-electron chi connectivity index (χ4n) is 1.44. The lowest BCUT2D eigenvalue weighted by Gasteiger charge is -2.44. The quantitative estimate of drug-likeness (QED) is 0.330. The Kier molecular flexibility index (Phi) is 3.01. The van der Waals surface area contributed by atoms with Crippen molar-refractivity contribution in [2.24, 2.45) is 5.73 Å². The van der Waals surface area contributed by atoms with Crippen LogP contribution in [0.15, 0.2) is 0 Å². The van der Waals surface area contributed by atoms with Crippen LogP contribution in [0, 0.1) is 0 Å². The van der Waals surface area contributed by atoms with Crippen molar-refractivity contribution >= 4 is 5.78 Å². The molecule has 15 heavy (non-hydrogen) atoms. The molecule has 0 bridgehead atoms. The molecule has 0 radical (unpaired) electrons. The average Bonchev–Trinajstić information content (AvgIpc) is 2.30. The van der Waals surface area contributed by atoms with Crippen LogP contribution in [0.25, 0.3) is 0 Å². The van der Waals surface area contributed by atoms with Crippen LogP contribution in [0.4, 0.5) is 0 Å². The molecule has 5 atom stereocenters. The molecule has 1 aliphatic rings. The van der Waals surface area contributed by atoms with Gasteiger partial charge in [-0.25, -0.2) is 0 Å². The van der Waals surface area contributed by atoms with Gasteiger partial charge >= 0.3 is 0 Å². The minimum Gasteiger partial charge on any atom is -0.394 e. The minimum atomic E-state index is -2.55. The van der Waals surface area contributed by atoms with Crippen LogP contribution < -0.4 is 5.73 Å². The van der Waals surface area contributed by atoms with Crippen LogP contribution in [0.3, 0.4) is 0 Å². The van der Waals surface area contributed by atoms with Crippen molar-refractivity contribution < 1.29 is 31.3 Å². The Hall–Kier alpha value is -0.570. The van der Waals surface area contributed by atoms with Gasteiger partial charge in [0.05, 0.1) is 12.6 Å². The lowest BCUT2D eigenvalue weighted by molar-refractivity contribution is -0.296. The topological polar surface area (TPSA) is 133 Å². The van der Waals surface area contributed by atoms with E-state index in [1.165, 1.54) is 0 Å². The number of ketones is 1. The second-order valence-electron chi connectivity index (χ2n) is 3.47. The summed E-state index contributed by atoms with van der Waals surface area (Å²) in [5.74, 6) is -3.59. The second kappa shape index (κ2) is 4.12. The van der Waals surface area contributed by atoms with Crippen LogP contribution >= 0.6 is 0 Å². The first-order chi connectivity index (χ1) is 7.38. The molecule has 0 amide bonds. The number of aliphatic hydroxyl groups excluding tert-OH is 3. The normalized spacial score (nSPS) is 47.4. The van der Waals surface area contributed by atoms with Crippen molar-refractivity contribution in [2.45, 2.75) is 37.0 Å². The van der Waals surface area contributed by atoms with Gasteiger partial charge in [-0.15, -0.1) is 0 Å². The third-order valence-corrected chi connectivity index (χ3v) is 2.46. The van der Waals surface area contributed by atoms with Crippen molar-refractivity contribution in [3.63, 3.8) is 0 Å². The standard InChI is InChI=1S/C8H15NO6/c1-3(11)8(14)7(9)6(13)5(12)4(2-10)15-8/h4-7,10,12-14H,2,9H2,1H3/t4-,5-,6+,7-,8?/m1/s1/i1D. The Morgan fingerprint density at radius 3 is 2.67 bits per heavy atom. The van der Waals surface area contributed by atoms with Gasteiger partial charge in [0, 0.05) is 8.27 Å². The first kappa shape index (κ1) is 10.9. The molecule has 0 aliphatic carbocycles. The number of nitrogens with two attached hydrogens (primary N) is 1. The predicted octanol–water partition coefficient (Wildman–Crippen LogP) is -3.30. The Bertz CT molecular complexity index is 275. The zero-order chi connectivity index (χ0) is 12.5. The van der Waals surface area contributed by atoms with Crippen molar-refractivity contribution in [2.75, 3.05) is 6.61 Å². The lowest BCUT2D eigenvalue weighted by Crippen LogP contribution is -2.70. The van der Waals surface area contributed by atoms with Crippen LogP contribution in [0.5, 0.6) is 0 Å². The molecule has 1 aliphatic heterocycles. The maximum atomic E-state index is 11.3. The SMILES string of the molecule is [2H]CC(=O)C1(O)O[C@H](CO)[C@@H](O)[C@H](O)[C@H]1N. The highest BCUT2D eigenvalue weighted by atomic mass is 16.7. The Balaban J connectivity index is 2.98. The van der Waals surface area contributed by atoms with Crippen LogP contribution in [0.2, 0.25) is 0 Å². The van der Waals surface area contributed by atoms with Crippen LogP contribution in [-0.2, 0) is 9.53 Å². The largest absolute Gasteiger partial charge is 0.394 e. The zero-order valence-electron chi connectivity index (χ0n) is 8.91. The van der Waals surface area contributed by atoms with E-state index in [4.69, 9.17) is 16.9 Å². The molecule has 1 unspecified atom stereocenters. The molecular weight excluding hydrogens is 206 g/mol. The molecule has 0 spiro atoms. The predicted molar refractivity (Wildman–Crippen MR) is 47.6 cm³/mol. The van der Waals surface area contributed by atoms with Gasteiger partial charge in [-0.2, -0.15) is 0 Å². The molecule has 0 aromatic heterocycles. The summed E-state index contributed by atoms with van der Waals surface area (Å²) in [6, 6.07) is -1.57.